The van der Waals surface area contributed by atoms with E-state index in [1.165, 1.54) is 17.7 Å². The molecule has 1 unspecified atom stereocenters. The zero-order chi connectivity index (χ0) is 24.6. The molecule has 0 radical (unpaired) electrons. The van der Waals surface area contributed by atoms with Gasteiger partial charge >= 0.3 is 0 Å². The predicted octanol–water partition coefficient (Wildman–Crippen LogP) is 4.24. The number of hydrogen-bond donors (Lipinski definition) is 2. The fourth-order valence-electron chi connectivity index (χ4n) is 4.87. The number of nitrogens with one attached hydrogen (secondary N) is 1. The Bertz CT molecular complexity index is 1390. The van der Waals surface area contributed by atoms with Crippen LogP contribution in [0.3, 0.4) is 0 Å². The second-order valence-corrected chi connectivity index (χ2v) is 10.8. The molecule has 1 saturated carbocycles. The van der Waals surface area contributed by atoms with E-state index in [1.807, 2.05) is 54.7 Å². The van der Waals surface area contributed by atoms with Crippen LogP contribution in [0, 0.1) is 0 Å². The summed E-state index contributed by atoms with van der Waals surface area (Å²) in [4.78, 5) is 21.6. The minimum Gasteiger partial charge on any atom is -0.399 e. The quantitative estimate of drug-likeness (QED) is 0.369. The van der Waals surface area contributed by atoms with Crippen LogP contribution < -0.4 is 11.1 Å². The minimum absolute atomic E-state index is 0.143. The number of nitrogens with zero attached hydrogens (tertiary/aromatic N) is 5. The number of anilines is 2. The van der Waals surface area contributed by atoms with Crippen LogP contribution in [-0.2, 0) is 19.4 Å². The molecular formula is C27H29N7OS. The molecule has 6 rings (SSSR count). The lowest BCUT2D eigenvalue weighted by atomic mass is 9.96. The molecule has 1 atom stereocenters. The van der Waals surface area contributed by atoms with Gasteiger partial charge in [-0.15, -0.1) is 16.4 Å². The number of thiazole rings is 1. The highest BCUT2D eigenvalue weighted by Crippen LogP contribution is 2.35. The van der Waals surface area contributed by atoms with Crippen molar-refractivity contribution >= 4 is 28.1 Å². The second-order valence-electron chi connectivity index (χ2n) is 9.76. The first-order valence-corrected chi connectivity index (χ1v) is 13.2. The van der Waals surface area contributed by atoms with Crippen molar-refractivity contribution in [2.75, 3.05) is 18.1 Å². The lowest BCUT2D eigenvalue weighted by Gasteiger charge is -2.30. The van der Waals surface area contributed by atoms with Crippen LogP contribution in [0.1, 0.15) is 45.8 Å². The van der Waals surface area contributed by atoms with Gasteiger partial charge in [-0.25, -0.2) is 9.67 Å². The van der Waals surface area contributed by atoms with Crippen molar-refractivity contribution in [1.82, 2.24) is 24.9 Å². The van der Waals surface area contributed by atoms with Crippen molar-refractivity contribution in [3.8, 4) is 11.3 Å². The molecule has 36 heavy (non-hydrogen) atoms. The van der Waals surface area contributed by atoms with Crippen molar-refractivity contribution in [2.24, 2.45) is 0 Å². The number of aromatic nitrogens is 4. The normalized spacial score (nSPS) is 17.2. The van der Waals surface area contributed by atoms with Gasteiger partial charge in [0, 0.05) is 33.8 Å². The highest BCUT2D eigenvalue weighted by Gasteiger charge is 2.33. The maximum absolute atomic E-state index is 13.0. The molecule has 2 aromatic heterocycles. The number of fused-ring (bicyclic) bond motifs is 1. The summed E-state index contributed by atoms with van der Waals surface area (Å²) in [6, 6.07) is 16.5. The Labute approximate surface area is 214 Å². The number of likely N-dealkylation sites (N-methyl/N-ethyl adjacent to an activating group) is 1. The highest BCUT2D eigenvalue weighted by atomic mass is 32.1. The summed E-state index contributed by atoms with van der Waals surface area (Å²) in [5.74, 6) is -0.143. The smallest absolute Gasteiger partial charge is 0.257 e. The van der Waals surface area contributed by atoms with Crippen molar-refractivity contribution in [3.05, 3.63) is 76.4 Å². The highest BCUT2D eigenvalue weighted by molar-refractivity contribution is 7.15. The number of hydrogen-bond acceptors (Lipinski definition) is 7. The summed E-state index contributed by atoms with van der Waals surface area (Å²) in [6.07, 6.45) is 7.69. The molecule has 2 aliphatic rings. The van der Waals surface area contributed by atoms with Crippen molar-refractivity contribution in [3.63, 3.8) is 0 Å². The first kappa shape index (κ1) is 22.9. The number of carbonyl (C=O) groups is 1. The average Bonchev–Trinajstić information content (AvgIpc) is 3.50. The SMILES string of the molecule is CN(C1CC1)C1CCc2nc(NC(=O)c3cccc(Cn4cc(-c5ccc(N)cc5)nn4)c3)sc2C1. The largest absolute Gasteiger partial charge is 0.399 e. The third-order valence-electron chi connectivity index (χ3n) is 7.11. The molecule has 0 bridgehead atoms. The summed E-state index contributed by atoms with van der Waals surface area (Å²) in [5.41, 5.74) is 10.9. The first-order chi connectivity index (χ1) is 17.5. The van der Waals surface area contributed by atoms with Crippen molar-refractivity contribution in [1.29, 1.82) is 0 Å². The standard InChI is InChI=1S/C27H29N7OS/c1-33(21-9-10-21)22-11-12-23-25(14-22)36-27(29-23)30-26(35)19-4-2-3-17(13-19)15-34-16-24(31-32-34)18-5-7-20(28)8-6-18/h2-8,13,16,21-22H,9-12,14-15,28H2,1H3,(H,29,30,35). The Morgan fingerprint density at radius 3 is 2.81 bits per heavy atom. The Hall–Kier alpha value is -3.56. The van der Waals surface area contributed by atoms with Crippen LogP contribution in [0.4, 0.5) is 10.8 Å². The average molecular weight is 500 g/mol. The third kappa shape index (κ3) is 4.89. The van der Waals surface area contributed by atoms with Gasteiger partial charge in [0.1, 0.15) is 5.69 Å². The van der Waals surface area contributed by atoms with E-state index in [4.69, 9.17) is 10.7 Å². The van der Waals surface area contributed by atoms with Crippen LogP contribution in [-0.4, -0.2) is 49.9 Å². The van der Waals surface area contributed by atoms with Gasteiger partial charge in [-0.3, -0.25) is 10.1 Å². The van der Waals surface area contributed by atoms with Crippen molar-refractivity contribution in [2.45, 2.75) is 50.7 Å². The Morgan fingerprint density at radius 1 is 1.17 bits per heavy atom. The monoisotopic (exact) mass is 499 g/mol. The summed E-state index contributed by atoms with van der Waals surface area (Å²) >= 11 is 1.62. The molecule has 3 N–H and O–H groups in total. The van der Waals surface area contributed by atoms with Gasteiger partial charge in [0.05, 0.1) is 18.4 Å². The van der Waals surface area contributed by atoms with E-state index in [0.29, 0.717) is 29.0 Å². The van der Waals surface area contributed by atoms with Gasteiger partial charge in [0.25, 0.3) is 5.91 Å². The summed E-state index contributed by atoms with van der Waals surface area (Å²) < 4.78 is 1.77. The summed E-state index contributed by atoms with van der Waals surface area (Å²) in [6.45, 7) is 0.518. The molecule has 8 nitrogen and oxygen atoms in total. The molecular weight excluding hydrogens is 470 g/mol. The first-order valence-electron chi connectivity index (χ1n) is 12.4. The van der Waals surface area contributed by atoms with Crippen molar-refractivity contribution < 1.29 is 4.79 Å². The minimum atomic E-state index is -0.143. The second kappa shape index (κ2) is 9.48. The van der Waals surface area contributed by atoms with E-state index >= 15 is 0 Å². The number of rotatable bonds is 7. The van der Waals surface area contributed by atoms with Crippen LogP contribution >= 0.6 is 11.3 Å². The van der Waals surface area contributed by atoms with Gasteiger partial charge in [-0.05, 0) is 69.0 Å². The third-order valence-corrected chi connectivity index (χ3v) is 8.15. The summed E-state index contributed by atoms with van der Waals surface area (Å²) in [5, 5.41) is 12.2. The zero-order valence-electron chi connectivity index (χ0n) is 20.2. The molecule has 2 aromatic carbocycles. The van der Waals surface area contributed by atoms with E-state index in [0.717, 1.165) is 47.8 Å². The van der Waals surface area contributed by atoms with E-state index in [2.05, 4.69) is 27.6 Å². The zero-order valence-corrected chi connectivity index (χ0v) is 21.0. The number of carbonyl (C=O) groups excluding carboxylic acids is 1. The molecule has 4 aromatic rings. The fourth-order valence-corrected chi connectivity index (χ4v) is 5.94. The molecule has 0 aliphatic heterocycles. The lowest BCUT2D eigenvalue weighted by molar-refractivity contribution is 0.102. The molecule has 0 saturated heterocycles. The number of aryl methyl sites for hydroxylation is 1. The summed E-state index contributed by atoms with van der Waals surface area (Å²) in [7, 11) is 2.25. The fraction of sp³-hybridized carbons (Fsp3) is 0.333. The van der Waals surface area contributed by atoms with E-state index in [1.54, 1.807) is 16.0 Å². The molecule has 1 amide bonds. The van der Waals surface area contributed by atoms with Gasteiger partial charge in [-0.2, -0.15) is 0 Å². The van der Waals surface area contributed by atoms with Gasteiger partial charge in [0.2, 0.25) is 0 Å². The Morgan fingerprint density at radius 2 is 2.00 bits per heavy atom. The van der Waals surface area contributed by atoms with Gasteiger partial charge in [0.15, 0.2) is 5.13 Å². The van der Waals surface area contributed by atoms with E-state index < -0.39 is 0 Å². The number of amides is 1. The number of benzene rings is 2. The predicted molar refractivity (Wildman–Crippen MR) is 142 cm³/mol. The molecule has 2 aliphatic carbocycles. The Balaban J connectivity index is 1.11. The molecule has 9 heteroatoms. The van der Waals surface area contributed by atoms with Crippen LogP contribution in [0.2, 0.25) is 0 Å². The van der Waals surface area contributed by atoms with Crippen LogP contribution in [0.25, 0.3) is 11.3 Å². The van der Waals surface area contributed by atoms with Gasteiger partial charge in [-0.1, -0.05) is 29.5 Å². The van der Waals surface area contributed by atoms with Crippen LogP contribution in [0.15, 0.2) is 54.7 Å². The van der Waals surface area contributed by atoms with Gasteiger partial charge < -0.3 is 10.6 Å². The molecule has 1 fully saturated rings. The Kier molecular flexibility index (Phi) is 6.02. The van der Waals surface area contributed by atoms with Crippen LogP contribution in [0.5, 0.6) is 0 Å². The van der Waals surface area contributed by atoms with E-state index in [-0.39, 0.29) is 5.91 Å². The molecule has 0 spiro atoms. The number of nitrogen functional groups attached to an aromatic ring is 1. The van der Waals surface area contributed by atoms with E-state index in [9.17, 15) is 4.79 Å². The maximum atomic E-state index is 13.0. The topological polar surface area (TPSA) is 102 Å². The molecule has 184 valence electrons. The number of nitrogens with two attached hydrogens (primary N) is 1. The molecule has 2 heterocycles. The maximum Gasteiger partial charge on any atom is 0.257 e. The lowest BCUT2D eigenvalue weighted by Crippen LogP contribution is -2.37.